The van der Waals surface area contributed by atoms with Crippen LogP contribution in [0.4, 0.5) is 0 Å². The first kappa shape index (κ1) is 14.1. The molecule has 0 amide bonds. The minimum Gasteiger partial charge on any atom is -0.478 e. The van der Waals surface area contributed by atoms with Crippen molar-refractivity contribution in [1.29, 1.82) is 0 Å². The summed E-state index contributed by atoms with van der Waals surface area (Å²) in [5, 5.41) is 13.5. The standard InChI is InChI=1S/C16H21N3O2/c1-2-19-12(11-18-8-6-17-7-9-18)10-14-13(16(20)21)4-3-5-15(14)19/h3-5,10,17H,2,6-9,11H2,1H3,(H,20,21). The molecule has 5 nitrogen and oxygen atoms in total. The van der Waals surface area contributed by atoms with Crippen molar-refractivity contribution >= 4 is 16.9 Å². The fraction of sp³-hybridized carbons (Fsp3) is 0.438. The molecule has 0 atom stereocenters. The van der Waals surface area contributed by atoms with Gasteiger partial charge in [-0.25, -0.2) is 4.79 Å². The van der Waals surface area contributed by atoms with Gasteiger partial charge in [-0.15, -0.1) is 0 Å². The van der Waals surface area contributed by atoms with Crippen LogP contribution in [0.5, 0.6) is 0 Å². The topological polar surface area (TPSA) is 57.5 Å². The number of rotatable bonds is 4. The molecule has 0 bridgehead atoms. The number of carboxylic acid groups (broad SMARTS) is 1. The summed E-state index contributed by atoms with van der Waals surface area (Å²) < 4.78 is 2.23. The molecule has 112 valence electrons. The summed E-state index contributed by atoms with van der Waals surface area (Å²) in [6, 6.07) is 7.56. The fourth-order valence-corrected chi connectivity index (χ4v) is 3.13. The maximum absolute atomic E-state index is 11.4. The van der Waals surface area contributed by atoms with E-state index in [0.717, 1.165) is 50.2 Å². The molecular formula is C16H21N3O2. The van der Waals surface area contributed by atoms with Crippen LogP contribution in [0.3, 0.4) is 0 Å². The van der Waals surface area contributed by atoms with Gasteiger partial charge in [-0.3, -0.25) is 4.90 Å². The number of carbonyl (C=O) groups is 1. The molecule has 1 aliphatic rings. The van der Waals surface area contributed by atoms with Crippen LogP contribution in [0.15, 0.2) is 24.3 Å². The van der Waals surface area contributed by atoms with Crippen molar-refractivity contribution < 1.29 is 9.90 Å². The zero-order valence-electron chi connectivity index (χ0n) is 12.3. The van der Waals surface area contributed by atoms with Crippen LogP contribution in [0, 0.1) is 0 Å². The molecule has 0 aliphatic carbocycles. The van der Waals surface area contributed by atoms with Crippen molar-refractivity contribution in [2.75, 3.05) is 26.2 Å². The van der Waals surface area contributed by atoms with Crippen LogP contribution in [-0.4, -0.2) is 46.7 Å². The first-order valence-electron chi connectivity index (χ1n) is 7.48. The van der Waals surface area contributed by atoms with E-state index in [9.17, 15) is 9.90 Å². The SMILES string of the molecule is CCn1c(CN2CCNCC2)cc2c(C(=O)O)cccc21. The number of benzene rings is 1. The van der Waals surface area contributed by atoms with Gasteiger partial charge in [-0.05, 0) is 25.1 Å². The second-order valence-corrected chi connectivity index (χ2v) is 5.45. The van der Waals surface area contributed by atoms with Crippen molar-refractivity contribution in [2.45, 2.75) is 20.0 Å². The minimum absolute atomic E-state index is 0.390. The van der Waals surface area contributed by atoms with E-state index in [1.54, 1.807) is 6.07 Å². The van der Waals surface area contributed by atoms with E-state index in [1.807, 2.05) is 18.2 Å². The Morgan fingerprint density at radius 1 is 1.33 bits per heavy atom. The molecule has 2 heterocycles. The lowest BCUT2D eigenvalue weighted by Gasteiger charge is -2.27. The predicted octanol–water partition coefficient (Wildman–Crippen LogP) is 1.76. The fourth-order valence-electron chi connectivity index (χ4n) is 3.13. The number of nitrogens with one attached hydrogen (secondary N) is 1. The molecule has 0 unspecified atom stereocenters. The average molecular weight is 287 g/mol. The molecular weight excluding hydrogens is 266 g/mol. The van der Waals surface area contributed by atoms with E-state index in [4.69, 9.17) is 0 Å². The predicted molar refractivity (Wildman–Crippen MR) is 82.7 cm³/mol. The lowest BCUT2D eigenvalue weighted by atomic mass is 10.1. The molecule has 0 spiro atoms. The molecule has 21 heavy (non-hydrogen) atoms. The Bertz CT molecular complexity index is 657. The number of hydrogen-bond acceptors (Lipinski definition) is 3. The molecule has 3 rings (SSSR count). The molecule has 2 aromatic rings. The molecule has 0 saturated carbocycles. The Hall–Kier alpha value is -1.85. The second-order valence-electron chi connectivity index (χ2n) is 5.45. The summed E-state index contributed by atoms with van der Waals surface area (Å²) in [4.78, 5) is 13.8. The normalized spacial score (nSPS) is 16.4. The largest absolute Gasteiger partial charge is 0.478 e. The Morgan fingerprint density at radius 3 is 2.76 bits per heavy atom. The van der Waals surface area contributed by atoms with Gasteiger partial charge in [0, 0.05) is 55.9 Å². The lowest BCUT2D eigenvalue weighted by molar-refractivity contribution is 0.0699. The number of carboxylic acids is 1. The molecule has 1 fully saturated rings. The smallest absolute Gasteiger partial charge is 0.336 e. The molecule has 1 aromatic heterocycles. The van der Waals surface area contributed by atoms with Gasteiger partial charge >= 0.3 is 5.97 Å². The maximum atomic E-state index is 11.4. The third-order valence-corrected chi connectivity index (χ3v) is 4.17. The van der Waals surface area contributed by atoms with E-state index in [0.29, 0.717) is 5.56 Å². The van der Waals surface area contributed by atoms with Crippen molar-refractivity contribution in [2.24, 2.45) is 0 Å². The summed E-state index contributed by atoms with van der Waals surface area (Å²) in [5.74, 6) is -0.859. The Labute approximate surface area is 124 Å². The highest BCUT2D eigenvalue weighted by molar-refractivity contribution is 6.03. The van der Waals surface area contributed by atoms with Crippen molar-refractivity contribution in [1.82, 2.24) is 14.8 Å². The molecule has 1 aromatic carbocycles. The van der Waals surface area contributed by atoms with Crippen molar-refractivity contribution in [3.05, 3.63) is 35.5 Å². The van der Waals surface area contributed by atoms with E-state index in [-0.39, 0.29) is 0 Å². The zero-order valence-corrected chi connectivity index (χ0v) is 12.3. The summed E-state index contributed by atoms with van der Waals surface area (Å²) in [5.41, 5.74) is 2.60. The first-order chi connectivity index (χ1) is 10.2. The highest BCUT2D eigenvalue weighted by Crippen LogP contribution is 2.25. The van der Waals surface area contributed by atoms with Crippen LogP contribution in [0.2, 0.25) is 0 Å². The van der Waals surface area contributed by atoms with Crippen LogP contribution < -0.4 is 5.32 Å². The summed E-state index contributed by atoms with van der Waals surface area (Å²) in [6.45, 7) is 7.96. The van der Waals surface area contributed by atoms with Crippen molar-refractivity contribution in [3.8, 4) is 0 Å². The lowest BCUT2D eigenvalue weighted by Crippen LogP contribution is -2.43. The van der Waals surface area contributed by atoms with Gasteiger partial charge < -0.3 is 15.0 Å². The van der Waals surface area contributed by atoms with Gasteiger partial charge in [0.25, 0.3) is 0 Å². The molecule has 5 heteroatoms. The quantitative estimate of drug-likeness (QED) is 0.900. The average Bonchev–Trinajstić information content (AvgIpc) is 2.84. The third-order valence-electron chi connectivity index (χ3n) is 4.17. The monoisotopic (exact) mass is 287 g/mol. The van der Waals surface area contributed by atoms with E-state index >= 15 is 0 Å². The molecule has 0 radical (unpaired) electrons. The Balaban J connectivity index is 2.01. The van der Waals surface area contributed by atoms with Gasteiger partial charge in [0.05, 0.1) is 5.56 Å². The van der Waals surface area contributed by atoms with Crippen LogP contribution in [0.1, 0.15) is 23.0 Å². The summed E-state index contributed by atoms with van der Waals surface area (Å²) in [7, 11) is 0. The van der Waals surface area contributed by atoms with Gasteiger partial charge in [-0.2, -0.15) is 0 Å². The van der Waals surface area contributed by atoms with E-state index in [1.165, 1.54) is 5.69 Å². The minimum atomic E-state index is -0.859. The number of aromatic carboxylic acids is 1. The first-order valence-corrected chi connectivity index (χ1v) is 7.48. The van der Waals surface area contributed by atoms with Gasteiger partial charge in [0.15, 0.2) is 0 Å². The van der Waals surface area contributed by atoms with Gasteiger partial charge in [0.1, 0.15) is 0 Å². The van der Waals surface area contributed by atoms with Crippen molar-refractivity contribution in [3.63, 3.8) is 0 Å². The highest BCUT2D eigenvalue weighted by Gasteiger charge is 2.17. The van der Waals surface area contributed by atoms with Crippen LogP contribution in [0.25, 0.3) is 10.9 Å². The number of aryl methyl sites for hydroxylation is 1. The van der Waals surface area contributed by atoms with Gasteiger partial charge in [0.2, 0.25) is 0 Å². The van der Waals surface area contributed by atoms with Crippen LogP contribution in [-0.2, 0) is 13.1 Å². The van der Waals surface area contributed by atoms with E-state index in [2.05, 4.69) is 21.7 Å². The third kappa shape index (κ3) is 2.66. The second kappa shape index (κ2) is 5.87. The molecule has 1 saturated heterocycles. The van der Waals surface area contributed by atoms with Gasteiger partial charge in [-0.1, -0.05) is 6.07 Å². The summed E-state index contributed by atoms with van der Waals surface area (Å²) >= 11 is 0. The maximum Gasteiger partial charge on any atom is 0.336 e. The number of hydrogen-bond donors (Lipinski definition) is 2. The Kier molecular flexibility index (Phi) is 3.94. The number of fused-ring (bicyclic) bond motifs is 1. The zero-order chi connectivity index (χ0) is 14.8. The molecule has 2 N–H and O–H groups in total. The van der Waals surface area contributed by atoms with Crippen LogP contribution >= 0.6 is 0 Å². The number of aromatic nitrogens is 1. The Morgan fingerprint density at radius 2 is 2.10 bits per heavy atom. The highest BCUT2D eigenvalue weighted by atomic mass is 16.4. The summed E-state index contributed by atoms with van der Waals surface area (Å²) in [6.07, 6.45) is 0. The number of nitrogens with zero attached hydrogens (tertiary/aromatic N) is 2. The molecule has 1 aliphatic heterocycles. The number of piperazine rings is 1. The van der Waals surface area contributed by atoms with E-state index < -0.39 is 5.97 Å².